The van der Waals surface area contributed by atoms with E-state index in [9.17, 15) is 4.79 Å². The lowest BCUT2D eigenvalue weighted by Gasteiger charge is -2.08. The molecule has 3 rings (SSSR count). The van der Waals surface area contributed by atoms with Gasteiger partial charge in [0.2, 0.25) is 0 Å². The van der Waals surface area contributed by atoms with Crippen molar-refractivity contribution in [1.82, 2.24) is 10.3 Å². The van der Waals surface area contributed by atoms with Crippen LogP contribution in [0.3, 0.4) is 0 Å². The second-order valence-electron chi connectivity index (χ2n) is 6.47. The highest BCUT2D eigenvalue weighted by Crippen LogP contribution is 2.23. The van der Waals surface area contributed by atoms with E-state index in [1.165, 1.54) is 11.3 Å². The topological polar surface area (TPSA) is 54.1 Å². The predicted molar refractivity (Wildman–Crippen MR) is 92.9 cm³/mol. The first-order valence-corrected chi connectivity index (χ1v) is 8.66. The molecule has 1 atom stereocenters. The van der Waals surface area contributed by atoms with Gasteiger partial charge in [0.25, 0.3) is 5.91 Å². The molecule has 0 unspecified atom stereocenters. The van der Waals surface area contributed by atoms with Gasteiger partial charge >= 0.3 is 0 Å². The molecule has 0 radical (unpaired) electrons. The van der Waals surface area contributed by atoms with E-state index >= 15 is 0 Å². The normalized spacial score (nSPS) is 17.7. The molecule has 23 heavy (non-hydrogen) atoms. The first-order chi connectivity index (χ1) is 11.2. The standard InChI is InChI=1S/C19H26N2O2/c1-3-17-13(2)16-11-15(6-7-18(16)21-17)19(22)20-9-4-5-14-8-10-23-12-14/h6-7,11,14,21H,3-5,8-10,12H2,1-2H3,(H,20,22)/t14-/m1/s1. The van der Waals surface area contributed by atoms with E-state index in [0.29, 0.717) is 5.92 Å². The van der Waals surface area contributed by atoms with Crippen LogP contribution in [0.15, 0.2) is 18.2 Å². The number of aromatic nitrogens is 1. The van der Waals surface area contributed by atoms with Gasteiger partial charge in [0.1, 0.15) is 0 Å². The number of fused-ring (bicyclic) bond motifs is 1. The van der Waals surface area contributed by atoms with Crippen LogP contribution in [0.4, 0.5) is 0 Å². The molecule has 2 heterocycles. The second kappa shape index (κ2) is 7.18. The summed E-state index contributed by atoms with van der Waals surface area (Å²) in [6.07, 6.45) is 4.30. The summed E-state index contributed by atoms with van der Waals surface area (Å²) in [6.45, 7) is 6.77. The van der Waals surface area contributed by atoms with Gasteiger partial charge in [-0.05, 0) is 62.3 Å². The number of H-pyrrole nitrogens is 1. The van der Waals surface area contributed by atoms with Crippen molar-refractivity contribution in [2.45, 2.75) is 39.5 Å². The summed E-state index contributed by atoms with van der Waals surface area (Å²) in [5.41, 5.74) is 4.35. The third-order valence-electron chi connectivity index (χ3n) is 4.88. The number of benzene rings is 1. The van der Waals surface area contributed by atoms with Gasteiger partial charge in [0.05, 0.1) is 0 Å². The van der Waals surface area contributed by atoms with E-state index in [1.54, 1.807) is 0 Å². The summed E-state index contributed by atoms with van der Waals surface area (Å²) in [6, 6.07) is 5.91. The number of aryl methyl sites for hydroxylation is 2. The van der Waals surface area contributed by atoms with E-state index in [4.69, 9.17) is 4.74 Å². The van der Waals surface area contributed by atoms with Crippen molar-refractivity contribution in [1.29, 1.82) is 0 Å². The second-order valence-corrected chi connectivity index (χ2v) is 6.47. The predicted octanol–water partition coefficient (Wildman–Crippen LogP) is 3.59. The van der Waals surface area contributed by atoms with Crippen molar-refractivity contribution in [3.63, 3.8) is 0 Å². The number of ether oxygens (including phenoxy) is 1. The molecule has 4 nitrogen and oxygen atoms in total. The van der Waals surface area contributed by atoms with Crippen LogP contribution in [0, 0.1) is 12.8 Å². The lowest BCUT2D eigenvalue weighted by Crippen LogP contribution is -2.24. The molecule has 1 aliphatic heterocycles. The molecule has 0 spiro atoms. The van der Waals surface area contributed by atoms with Crippen LogP contribution in [-0.2, 0) is 11.2 Å². The average Bonchev–Trinajstić information content (AvgIpc) is 3.19. The van der Waals surface area contributed by atoms with Gasteiger partial charge in [-0.2, -0.15) is 0 Å². The van der Waals surface area contributed by atoms with Crippen molar-refractivity contribution < 1.29 is 9.53 Å². The third-order valence-corrected chi connectivity index (χ3v) is 4.88. The molecule has 0 saturated carbocycles. The SMILES string of the molecule is CCc1[nH]c2ccc(C(=O)NCCC[C@@H]3CCOC3)cc2c1C. The fourth-order valence-electron chi connectivity index (χ4n) is 3.38. The minimum Gasteiger partial charge on any atom is -0.381 e. The van der Waals surface area contributed by atoms with Gasteiger partial charge in [-0.1, -0.05) is 6.92 Å². The lowest BCUT2D eigenvalue weighted by molar-refractivity contribution is 0.0952. The molecule has 124 valence electrons. The molecule has 4 heteroatoms. The highest BCUT2D eigenvalue weighted by atomic mass is 16.5. The molecule has 1 saturated heterocycles. The maximum absolute atomic E-state index is 12.3. The monoisotopic (exact) mass is 314 g/mol. The summed E-state index contributed by atoms with van der Waals surface area (Å²) < 4.78 is 5.38. The Hall–Kier alpha value is -1.81. The molecule has 2 aromatic rings. The molecule has 0 aliphatic carbocycles. The van der Waals surface area contributed by atoms with Crippen LogP contribution in [0.25, 0.3) is 10.9 Å². The Morgan fingerprint density at radius 2 is 2.30 bits per heavy atom. The van der Waals surface area contributed by atoms with Crippen LogP contribution in [-0.4, -0.2) is 30.6 Å². The van der Waals surface area contributed by atoms with E-state index in [0.717, 1.165) is 61.9 Å². The molecule has 1 aromatic heterocycles. The first kappa shape index (κ1) is 16.1. The van der Waals surface area contributed by atoms with E-state index in [-0.39, 0.29) is 5.91 Å². The molecule has 0 bridgehead atoms. The molecule has 2 N–H and O–H groups in total. The van der Waals surface area contributed by atoms with Gasteiger partial charge in [-0.15, -0.1) is 0 Å². The van der Waals surface area contributed by atoms with E-state index < -0.39 is 0 Å². The maximum atomic E-state index is 12.3. The summed E-state index contributed by atoms with van der Waals surface area (Å²) in [4.78, 5) is 15.7. The summed E-state index contributed by atoms with van der Waals surface area (Å²) in [5, 5.41) is 4.19. The number of amides is 1. The molecule has 1 aliphatic rings. The zero-order valence-electron chi connectivity index (χ0n) is 14.1. The summed E-state index contributed by atoms with van der Waals surface area (Å²) >= 11 is 0. The van der Waals surface area contributed by atoms with Crippen LogP contribution < -0.4 is 5.32 Å². The fraction of sp³-hybridized carbons (Fsp3) is 0.526. The van der Waals surface area contributed by atoms with Gasteiger partial charge in [-0.3, -0.25) is 4.79 Å². The maximum Gasteiger partial charge on any atom is 0.251 e. The summed E-state index contributed by atoms with van der Waals surface area (Å²) in [7, 11) is 0. The van der Waals surface area contributed by atoms with Crippen LogP contribution >= 0.6 is 0 Å². The first-order valence-electron chi connectivity index (χ1n) is 8.66. The highest BCUT2D eigenvalue weighted by Gasteiger charge is 2.15. The van der Waals surface area contributed by atoms with Gasteiger partial charge < -0.3 is 15.0 Å². The largest absolute Gasteiger partial charge is 0.381 e. The van der Waals surface area contributed by atoms with Gasteiger partial charge in [0, 0.05) is 41.9 Å². The Balaban J connectivity index is 1.58. The minimum absolute atomic E-state index is 0.0215. The molecule has 1 amide bonds. The van der Waals surface area contributed by atoms with Crippen LogP contribution in [0.1, 0.15) is 47.8 Å². The van der Waals surface area contributed by atoms with E-state index in [2.05, 4.69) is 24.1 Å². The van der Waals surface area contributed by atoms with Crippen molar-refractivity contribution in [2.24, 2.45) is 5.92 Å². The Kier molecular flexibility index (Phi) is 5.01. The average molecular weight is 314 g/mol. The van der Waals surface area contributed by atoms with Gasteiger partial charge in [0.15, 0.2) is 0 Å². The minimum atomic E-state index is 0.0215. The number of rotatable bonds is 6. The number of aromatic amines is 1. The molecule has 1 aromatic carbocycles. The number of hydrogen-bond donors (Lipinski definition) is 2. The number of carbonyl (C=O) groups is 1. The van der Waals surface area contributed by atoms with Crippen LogP contribution in [0.5, 0.6) is 0 Å². The Labute approximate surface area is 137 Å². The Morgan fingerprint density at radius 3 is 3.04 bits per heavy atom. The van der Waals surface area contributed by atoms with Crippen molar-refractivity contribution >= 4 is 16.8 Å². The zero-order valence-corrected chi connectivity index (χ0v) is 14.1. The number of hydrogen-bond acceptors (Lipinski definition) is 2. The molecular weight excluding hydrogens is 288 g/mol. The van der Waals surface area contributed by atoms with E-state index in [1.807, 2.05) is 18.2 Å². The number of nitrogens with one attached hydrogen (secondary N) is 2. The third kappa shape index (κ3) is 3.58. The van der Waals surface area contributed by atoms with Gasteiger partial charge in [-0.25, -0.2) is 0 Å². The number of carbonyl (C=O) groups excluding carboxylic acids is 1. The van der Waals surface area contributed by atoms with Crippen molar-refractivity contribution in [3.8, 4) is 0 Å². The van der Waals surface area contributed by atoms with Crippen LogP contribution in [0.2, 0.25) is 0 Å². The molecule has 1 fully saturated rings. The Morgan fingerprint density at radius 1 is 1.43 bits per heavy atom. The quantitative estimate of drug-likeness (QED) is 0.801. The van der Waals surface area contributed by atoms with Crippen molar-refractivity contribution in [3.05, 3.63) is 35.0 Å². The zero-order chi connectivity index (χ0) is 16.2. The Bertz CT molecular complexity index is 684. The summed E-state index contributed by atoms with van der Waals surface area (Å²) in [5.74, 6) is 0.700. The smallest absolute Gasteiger partial charge is 0.251 e. The fourth-order valence-corrected chi connectivity index (χ4v) is 3.38. The lowest BCUT2D eigenvalue weighted by atomic mass is 10.0. The molecular formula is C19H26N2O2. The van der Waals surface area contributed by atoms with Crippen molar-refractivity contribution in [2.75, 3.05) is 19.8 Å². The highest BCUT2D eigenvalue weighted by molar-refractivity contribution is 5.99.